The average Bonchev–Trinajstić information content (AvgIpc) is 3.83. The number of benzene rings is 3. The Morgan fingerprint density at radius 2 is 1.69 bits per heavy atom. The number of aliphatic hydroxyl groups excluding tert-OH is 1. The van der Waals surface area contributed by atoms with Crippen molar-refractivity contribution in [2.24, 2.45) is 5.92 Å². The Balaban J connectivity index is 1.24. The number of hydrogen-bond acceptors (Lipinski definition) is 7. The summed E-state index contributed by atoms with van der Waals surface area (Å²) in [6.45, 7) is 7.59. The molecule has 2 saturated heterocycles. The number of para-hydroxylation sites is 1. The molecular formula is C41H47N3O7Si. The highest BCUT2D eigenvalue weighted by Crippen LogP contribution is 2.60. The fourth-order valence-corrected chi connectivity index (χ4v) is 13.1. The van der Waals surface area contributed by atoms with E-state index in [1.165, 1.54) is 16.9 Å². The topological polar surface area (TPSA) is 111 Å². The number of ether oxygens (including phenoxy) is 3. The lowest BCUT2D eigenvalue weighted by molar-refractivity contribution is -0.150. The molecule has 7 rings (SSSR count). The molecule has 2 fully saturated rings. The first-order valence-corrected chi connectivity index (χ1v) is 21.1. The standard InChI is InChI=1S/C41H47N3O7Si/c1-27-38(52(4,5)32-20-18-31(49-2)19-21-32)36(24-37(46)42-22-8-10-30(42)26-45)51-41(27)33-11-6-7-12-34(33)44(40(41)48)25-28-14-16-29(17-15-28)43-23-9-13-35(50-3)39(43)47/h6-7,9,11-21,23,27,30,36,38,45H,8,10,22,24-26H2,1-5H3/t27-,30+,36+,38-,41+/m1/s1. The van der Waals surface area contributed by atoms with Crippen LogP contribution in [0.1, 0.15) is 37.3 Å². The summed E-state index contributed by atoms with van der Waals surface area (Å²) in [5.74, 6) is 0.606. The second-order valence-electron chi connectivity index (χ2n) is 14.8. The molecule has 11 heteroatoms. The molecule has 3 aromatic carbocycles. The molecule has 272 valence electrons. The van der Waals surface area contributed by atoms with Gasteiger partial charge >= 0.3 is 0 Å². The Kier molecular flexibility index (Phi) is 9.62. The van der Waals surface area contributed by atoms with E-state index in [-0.39, 0.29) is 53.7 Å². The Labute approximate surface area is 305 Å². The van der Waals surface area contributed by atoms with E-state index in [0.29, 0.717) is 18.8 Å². The Morgan fingerprint density at radius 3 is 2.38 bits per heavy atom. The molecule has 10 nitrogen and oxygen atoms in total. The van der Waals surface area contributed by atoms with Gasteiger partial charge < -0.3 is 29.1 Å². The molecule has 4 aromatic rings. The zero-order chi connectivity index (χ0) is 36.8. The number of aliphatic hydroxyl groups is 1. The van der Waals surface area contributed by atoms with E-state index < -0.39 is 19.8 Å². The van der Waals surface area contributed by atoms with Crippen LogP contribution in [0, 0.1) is 5.92 Å². The van der Waals surface area contributed by atoms with E-state index >= 15 is 4.79 Å². The van der Waals surface area contributed by atoms with Gasteiger partial charge in [0.05, 0.1) is 59.7 Å². The maximum absolute atomic E-state index is 15.1. The Hall–Kier alpha value is -4.71. The van der Waals surface area contributed by atoms with Crippen LogP contribution in [0.3, 0.4) is 0 Å². The van der Waals surface area contributed by atoms with E-state index in [1.807, 2.05) is 65.6 Å². The first-order chi connectivity index (χ1) is 25.0. The van der Waals surface area contributed by atoms with Gasteiger partial charge in [-0.3, -0.25) is 19.0 Å². The largest absolute Gasteiger partial charge is 0.497 e. The van der Waals surface area contributed by atoms with Crippen molar-refractivity contribution in [1.82, 2.24) is 9.47 Å². The molecule has 3 aliphatic rings. The third-order valence-corrected chi connectivity index (χ3v) is 16.1. The summed E-state index contributed by atoms with van der Waals surface area (Å²) < 4.78 is 19.4. The third kappa shape index (κ3) is 5.84. The lowest BCUT2D eigenvalue weighted by atomic mass is 9.82. The van der Waals surface area contributed by atoms with Crippen molar-refractivity contribution in [3.8, 4) is 17.2 Å². The van der Waals surface area contributed by atoms with Crippen molar-refractivity contribution in [2.45, 2.75) is 69.1 Å². The molecule has 0 saturated carbocycles. The molecule has 1 aromatic heterocycles. The normalized spacial score (nSPS) is 24.1. The van der Waals surface area contributed by atoms with Gasteiger partial charge in [-0.05, 0) is 66.4 Å². The molecule has 1 N–H and O–H groups in total. The number of fused-ring (bicyclic) bond motifs is 2. The van der Waals surface area contributed by atoms with Crippen molar-refractivity contribution >= 4 is 30.8 Å². The molecule has 0 radical (unpaired) electrons. The van der Waals surface area contributed by atoms with Gasteiger partial charge in [0.1, 0.15) is 5.75 Å². The van der Waals surface area contributed by atoms with Crippen molar-refractivity contribution in [3.63, 3.8) is 0 Å². The molecule has 0 unspecified atom stereocenters. The monoisotopic (exact) mass is 721 g/mol. The van der Waals surface area contributed by atoms with Crippen LogP contribution in [0.25, 0.3) is 5.69 Å². The minimum absolute atomic E-state index is 0.0406. The van der Waals surface area contributed by atoms with Crippen molar-refractivity contribution in [3.05, 3.63) is 113 Å². The van der Waals surface area contributed by atoms with E-state index in [2.05, 4.69) is 32.2 Å². The van der Waals surface area contributed by atoms with Gasteiger partial charge in [0.2, 0.25) is 5.91 Å². The number of methoxy groups -OCH3 is 2. The minimum Gasteiger partial charge on any atom is -0.497 e. The van der Waals surface area contributed by atoms with Crippen LogP contribution in [0.5, 0.6) is 11.5 Å². The molecule has 0 bridgehead atoms. The molecule has 1 spiro atoms. The van der Waals surface area contributed by atoms with Gasteiger partial charge in [0, 0.05) is 29.9 Å². The summed E-state index contributed by atoms with van der Waals surface area (Å²) in [5, 5.41) is 11.2. The maximum atomic E-state index is 15.1. The van der Waals surface area contributed by atoms with Crippen molar-refractivity contribution < 1.29 is 28.9 Å². The summed E-state index contributed by atoms with van der Waals surface area (Å²) in [7, 11) is 0.687. The van der Waals surface area contributed by atoms with Gasteiger partial charge in [-0.1, -0.05) is 67.7 Å². The van der Waals surface area contributed by atoms with Crippen LogP contribution in [-0.2, 0) is 26.5 Å². The van der Waals surface area contributed by atoms with Crippen molar-refractivity contribution in [1.29, 1.82) is 0 Å². The van der Waals surface area contributed by atoms with Crippen LogP contribution < -0.4 is 25.1 Å². The zero-order valence-corrected chi connectivity index (χ0v) is 31.5. The summed E-state index contributed by atoms with van der Waals surface area (Å²) in [6, 6.07) is 26.8. The highest BCUT2D eigenvalue weighted by Gasteiger charge is 2.66. The third-order valence-electron chi connectivity index (χ3n) is 11.7. The number of anilines is 1. The molecular weight excluding hydrogens is 675 g/mol. The quantitative estimate of drug-likeness (QED) is 0.230. The smallest absolute Gasteiger partial charge is 0.297 e. The summed E-state index contributed by atoms with van der Waals surface area (Å²) in [6.07, 6.45) is 2.96. The molecule has 5 atom stereocenters. The lowest BCUT2D eigenvalue weighted by Gasteiger charge is -2.37. The maximum Gasteiger partial charge on any atom is 0.297 e. The van der Waals surface area contributed by atoms with Gasteiger partial charge in [-0.2, -0.15) is 0 Å². The lowest BCUT2D eigenvalue weighted by Crippen LogP contribution is -2.52. The average molecular weight is 722 g/mol. The summed E-state index contributed by atoms with van der Waals surface area (Å²) in [4.78, 5) is 45.6. The first-order valence-electron chi connectivity index (χ1n) is 18.0. The first kappa shape index (κ1) is 35.7. The number of nitrogens with zero attached hydrogens (tertiary/aromatic N) is 3. The van der Waals surface area contributed by atoms with Gasteiger partial charge in [0.25, 0.3) is 11.5 Å². The zero-order valence-electron chi connectivity index (χ0n) is 30.5. The molecule has 3 aliphatic heterocycles. The number of likely N-dealkylation sites (tertiary alicyclic amines) is 1. The van der Waals surface area contributed by atoms with Gasteiger partial charge in [0.15, 0.2) is 11.4 Å². The van der Waals surface area contributed by atoms with E-state index in [4.69, 9.17) is 14.2 Å². The van der Waals surface area contributed by atoms with E-state index in [0.717, 1.165) is 35.4 Å². The minimum atomic E-state index is -2.44. The molecule has 52 heavy (non-hydrogen) atoms. The van der Waals surface area contributed by atoms with Crippen LogP contribution in [0.15, 0.2) is 95.9 Å². The van der Waals surface area contributed by atoms with E-state index in [1.54, 1.807) is 30.3 Å². The van der Waals surface area contributed by atoms with Gasteiger partial charge in [-0.15, -0.1) is 0 Å². The van der Waals surface area contributed by atoms with Crippen LogP contribution in [0.4, 0.5) is 5.69 Å². The number of carbonyl (C=O) groups is 2. The molecule has 2 amide bonds. The number of hydrogen-bond donors (Lipinski definition) is 1. The Morgan fingerprint density at radius 1 is 0.962 bits per heavy atom. The highest BCUT2D eigenvalue weighted by atomic mass is 28.3. The van der Waals surface area contributed by atoms with Crippen LogP contribution in [-0.4, -0.2) is 74.0 Å². The highest BCUT2D eigenvalue weighted by molar-refractivity contribution is 6.91. The second kappa shape index (κ2) is 14.0. The van der Waals surface area contributed by atoms with Crippen molar-refractivity contribution in [2.75, 3.05) is 32.3 Å². The summed E-state index contributed by atoms with van der Waals surface area (Å²) >= 11 is 0. The predicted octanol–water partition coefficient (Wildman–Crippen LogP) is 4.99. The fourth-order valence-electron chi connectivity index (χ4n) is 9.05. The number of amides is 2. The number of aromatic nitrogens is 1. The SMILES string of the molecule is COc1ccc([Si](C)(C)[C@H]2[C@H](CC(=O)N3CCC[C@H]3CO)O[C@@]3(C(=O)N(Cc4ccc(-n5cccc(OC)c5=O)cc4)c4ccccc43)[C@@H]2C)cc1. The number of rotatable bonds is 10. The predicted molar refractivity (Wildman–Crippen MR) is 202 cm³/mol. The molecule has 4 heterocycles. The Bertz CT molecular complexity index is 2010. The summed E-state index contributed by atoms with van der Waals surface area (Å²) in [5.41, 5.74) is 1.58. The van der Waals surface area contributed by atoms with Crippen LogP contribution in [0.2, 0.25) is 18.6 Å². The van der Waals surface area contributed by atoms with Crippen LogP contribution >= 0.6 is 0 Å². The number of pyridine rings is 1. The number of carbonyl (C=O) groups excluding carboxylic acids is 2. The van der Waals surface area contributed by atoms with E-state index in [9.17, 15) is 14.7 Å². The fraction of sp³-hybridized carbons (Fsp3) is 0.390. The molecule has 0 aliphatic carbocycles. The van der Waals surface area contributed by atoms with Gasteiger partial charge in [-0.25, -0.2) is 0 Å². The second-order valence-corrected chi connectivity index (χ2v) is 19.4.